The van der Waals surface area contributed by atoms with E-state index >= 15 is 0 Å². The molecule has 0 aliphatic carbocycles. The molecule has 6 nitrogen and oxygen atoms in total. The van der Waals surface area contributed by atoms with Gasteiger partial charge in [-0.05, 0) is 24.1 Å². The summed E-state index contributed by atoms with van der Waals surface area (Å²) in [5.41, 5.74) is 1.41. The zero-order valence-electron chi connectivity index (χ0n) is 17.4. The van der Waals surface area contributed by atoms with Crippen molar-refractivity contribution < 1.29 is 0 Å². The third-order valence-corrected chi connectivity index (χ3v) is 5.90. The van der Waals surface area contributed by atoms with Crippen LogP contribution in [0.3, 0.4) is 0 Å². The van der Waals surface area contributed by atoms with Crippen LogP contribution < -0.4 is 11.2 Å². The maximum Gasteiger partial charge on any atom is 0.332 e. The van der Waals surface area contributed by atoms with Crippen molar-refractivity contribution >= 4 is 27.1 Å². The zero-order chi connectivity index (χ0) is 21.0. The van der Waals surface area contributed by atoms with Crippen LogP contribution >= 0.6 is 15.9 Å². The van der Waals surface area contributed by atoms with E-state index in [2.05, 4.69) is 22.9 Å². The molecule has 0 N–H and O–H groups in total. The maximum atomic E-state index is 12.9. The first-order valence-electron chi connectivity index (χ1n) is 10.3. The Hall–Kier alpha value is -2.15. The number of aryl methyl sites for hydroxylation is 2. The topological polar surface area (TPSA) is 61.8 Å². The third kappa shape index (κ3) is 4.71. The van der Waals surface area contributed by atoms with Gasteiger partial charge < -0.3 is 4.57 Å². The van der Waals surface area contributed by atoms with Crippen LogP contribution in [0.1, 0.15) is 56.8 Å². The predicted octanol–water partition coefficient (Wildman–Crippen LogP) is 4.15. The number of hydrogen-bond acceptors (Lipinski definition) is 3. The lowest BCUT2D eigenvalue weighted by molar-refractivity contribution is 0.592. The first-order chi connectivity index (χ1) is 13.9. The summed E-state index contributed by atoms with van der Waals surface area (Å²) in [6.45, 7) is 2.77. The molecular formula is C22H29BrN4O2. The van der Waals surface area contributed by atoms with Gasteiger partial charge in [0.25, 0.3) is 5.56 Å². The molecule has 3 aromatic rings. The number of halogens is 1. The summed E-state index contributed by atoms with van der Waals surface area (Å²) in [6, 6.07) is 8.06. The molecule has 0 spiro atoms. The molecular weight excluding hydrogens is 432 g/mol. The van der Waals surface area contributed by atoms with Gasteiger partial charge in [0, 0.05) is 31.5 Å². The third-order valence-electron chi connectivity index (χ3n) is 5.41. The Morgan fingerprint density at radius 3 is 2.45 bits per heavy atom. The number of rotatable bonds is 9. The Kier molecular flexibility index (Phi) is 7.11. The molecule has 0 fully saturated rings. The van der Waals surface area contributed by atoms with Crippen LogP contribution in [0.15, 0.2) is 38.3 Å². The number of imidazole rings is 1. The Morgan fingerprint density at radius 2 is 1.72 bits per heavy atom. The van der Waals surface area contributed by atoms with Crippen molar-refractivity contribution in [2.24, 2.45) is 14.1 Å². The van der Waals surface area contributed by atoms with Crippen LogP contribution in [0.2, 0.25) is 0 Å². The summed E-state index contributed by atoms with van der Waals surface area (Å²) in [5.74, 6) is 0.869. The Bertz CT molecular complexity index is 1110. The summed E-state index contributed by atoms with van der Waals surface area (Å²) in [6.07, 6.45) is 7.97. The minimum absolute atomic E-state index is 0.292. The van der Waals surface area contributed by atoms with E-state index in [9.17, 15) is 9.59 Å². The van der Waals surface area contributed by atoms with Crippen LogP contribution in [0.5, 0.6) is 0 Å². The van der Waals surface area contributed by atoms with Gasteiger partial charge in [-0.15, -0.1) is 0 Å². The number of nitrogens with zero attached hydrogens (tertiary/aromatic N) is 4. The fraction of sp³-hybridized carbons (Fsp3) is 0.500. The summed E-state index contributed by atoms with van der Waals surface area (Å²) in [4.78, 5) is 30.0. The lowest BCUT2D eigenvalue weighted by atomic mass is 10.1. The highest BCUT2D eigenvalue weighted by Gasteiger charge is 2.19. The van der Waals surface area contributed by atoms with E-state index in [4.69, 9.17) is 4.98 Å². The van der Waals surface area contributed by atoms with Crippen molar-refractivity contribution in [3.05, 3.63) is 61.0 Å². The van der Waals surface area contributed by atoms with E-state index < -0.39 is 0 Å². The highest BCUT2D eigenvalue weighted by molar-refractivity contribution is 9.10. The van der Waals surface area contributed by atoms with Crippen molar-refractivity contribution in [2.75, 3.05) is 0 Å². The van der Waals surface area contributed by atoms with Gasteiger partial charge in [-0.25, -0.2) is 9.78 Å². The van der Waals surface area contributed by atoms with E-state index in [-0.39, 0.29) is 11.2 Å². The molecule has 0 saturated heterocycles. The first-order valence-corrected chi connectivity index (χ1v) is 11.1. The average molecular weight is 461 g/mol. The van der Waals surface area contributed by atoms with Crippen molar-refractivity contribution in [1.82, 2.24) is 18.7 Å². The standard InChI is InChI=1S/C22H29BrN4O2/c1-4-5-6-7-8-9-13-18-24-20-19(21(28)26(3)22(29)25(20)2)27(18)15-16-11-10-12-17(23)14-16/h10-12,14H,4-9,13,15H2,1-3H3. The molecule has 0 bridgehead atoms. The highest BCUT2D eigenvalue weighted by Crippen LogP contribution is 2.19. The molecule has 2 heterocycles. The summed E-state index contributed by atoms with van der Waals surface area (Å²) in [7, 11) is 3.20. The van der Waals surface area contributed by atoms with Gasteiger partial charge in [0.05, 0.1) is 0 Å². The second-order valence-corrected chi connectivity index (χ2v) is 8.56. The highest BCUT2D eigenvalue weighted by atomic mass is 79.9. The molecule has 0 amide bonds. The largest absolute Gasteiger partial charge is 0.332 e. The molecule has 2 aromatic heterocycles. The molecule has 156 valence electrons. The lowest BCUT2D eigenvalue weighted by Gasteiger charge is -2.10. The minimum Gasteiger partial charge on any atom is -0.318 e. The zero-order valence-corrected chi connectivity index (χ0v) is 19.0. The molecule has 29 heavy (non-hydrogen) atoms. The molecule has 0 saturated carbocycles. The number of aromatic nitrogens is 4. The van der Waals surface area contributed by atoms with Gasteiger partial charge >= 0.3 is 5.69 Å². The van der Waals surface area contributed by atoms with E-state index in [1.165, 1.54) is 37.3 Å². The number of unbranched alkanes of at least 4 members (excludes halogenated alkanes) is 5. The SMILES string of the molecule is CCCCCCCCc1nc2c(c(=O)n(C)c(=O)n2C)n1Cc1cccc(Br)c1. The van der Waals surface area contributed by atoms with Gasteiger partial charge in [0.15, 0.2) is 11.2 Å². The first kappa shape index (κ1) is 21.6. The Morgan fingerprint density at radius 1 is 1.00 bits per heavy atom. The number of benzene rings is 1. The van der Waals surface area contributed by atoms with Crippen molar-refractivity contribution in [3.8, 4) is 0 Å². The molecule has 7 heteroatoms. The predicted molar refractivity (Wildman–Crippen MR) is 121 cm³/mol. The molecule has 3 rings (SSSR count). The molecule has 0 aliphatic rings. The number of hydrogen-bond donors (Lipinski definition) is 0. The van der Waals surface area contributed by atoms with E-state index in [1.54, 1.807) is 7.05 Å². The van der Waals surface area contributed by atoms with Gasteiger partial charge in [0.1, 0.15) is 5.82 Å². The van der Waals surface area contributed by atoms with Crippen molar-refractivity contribution in [1.29, 1.82) is 0 Å². The second kappa shape index (κ2) is 9.57. The molecule has 1 aromatic carbocycles. The smallest absolute Gasteiger partial charge is 0.318 e. The fourth-order valence-corrected chi connectivity index (χ4v) is 4.18. The van der Waals surface area contributed by atoms with Gasteiger partial charge in [-0.3, -0.25) is 13.9 Å². The van der Waals surface area contributed by atoms with Crippen LogP contribution in [-0.2, 0) is 27.1 Å². The monoisotopic (exact) mass is 460 g/mol. The second-order valence-electron chi connectivity index (χ2n) is 7.64. The number of fused-ring (bicyclic) bond motifs is 1. The van der Waals surface area contributed by atoms with Crippen molar-refractivity contribution in [3.63, 3.8) is 0 Å². The Balaban J connectivity index is 1.99. The van der Waals surface area contributed by atoms with Crippen molar-refractivity contribution in [2.45, 2.75) is 58.4 Å². The van der Waals surface area contributed by atoms with Crippen LogP contribution in [0.25, 0.3) is 11.2 Å². The summed E-state index contributed by atoms with van der Waals surface area (Å²) < 4.78 is 5.62. The summed E-state index contributed by atoms with van der Waals surface area (Å²) in [5, 5.41) is 0. The normalized spacial score (nSPS) is 11.4. The van der Waals surface area contributed by atoms with Gasteiger partial charge in [-0.2, -0.15) is 0 Å². The lowest BCUT2D eigenvalue weighted by Crippen LogP contribution is -2.37. The molecule has 0 radical (unpaired) electrons. The van der Waals surface area contributed by atoms with E-state index in [0.717, 1.165) is 39.7 Å². The molecule has 0 atom stereocenters. The minimum atomic E-state index is -0.347. The summed E-state index contributed by atoms with van der Waals surface area (Å²) >= 11 is 3.52. The van der Waals surface area contributed by atoms with E-state index in [0.29, 0.717) is 17.7 Å². The van der Waals surface area contributed by atoms with Crippen LogP contribution in [-0.4, -0.2) is 18.7 Å². The van der Waals surface area contributed by atoms with Gasteiger partial charge in [0.2, 0.25) is 0 Å². The van der Waals surface area contributed by atoms with Gasteiger partial charge in [-0.1, -0.05) is 67.1 Å². The fourth-order valence-electron chi connectivity index (χ4n) is 3.73. The Labute approximate surface area is 179 Å². The quantitative estimate of drug-likeness (QED) is 0.450. The van der Waals surface area contributed by atoms with E-state index in [1.807, 2.05) is 28.8 Å². The maximum absolute atomic E-state index is 12.9. The van der Waals surface area contributed by atoms with Crippen LogP contribution in [0, 0.1) is 0 Å². The average Bonchev–Trinajstić information content (AvgIpc) is 3.06. The molecule has 0 unspecified atom stereocenters. The van der Waals surface area contributed by atoms with Crippen LogP contribution in [0.4, 0.5) is 0 Å². The molecule has 0 aliphatic heterocycles.